The van der Waals surface area contributed by atoms with Crippen LogP contribution in [-0.2, 0) is 6.61 Å². The Balaban J connectivity index is 1.65. The summed E-state index contributed by atoms with van der Waals surface area (Å²) in [5, 5.41) is 13.7. The number of carbonyl (C=O) groups is 1. The summed E-state index contributed by atoms with van der Waals surface area (Å²) in [5.41, 5.74) is 4.57. The van der Waals surface area contributed by atoms with Crippen LogP contribution in [0.5, 0.6) is 17.2 Å². The molecule has 3 rings (SSSR count). The number of aromatic hydroxyl groups is 1. The number of amides is 1. The van der Waals surface area contributed by atoms with E-state index < -0.39 is 5.91 Å². The largest absolute Gasteiger partial charge is 0.506 e. The van der Waals surface area contributed by atoms with E-state index in [0.717, 1.165) is 5.56 Å². The van der Waals surface area contributed by atoms with Crippen molar-refractivity contribution in [3.8, 4) is 17.2 Å². The molecule has 0 saturated heterocycles. The van der Waals surface area contributed by atoms with Crippen LogP contribution < -0.4 is 14.9 Å². The number of nitrogens with one attached hydrogen (secondary N) is 1. The second kappa shape index (κ2) is 10.3. The van der Waals surface area contributed by atoms with E-state index in [4.69, 9.17) is 9.47 Å². The summed E-state index contributed by atoms with van der Waals surface area (Å²) < 4.78 is 12.2. The lowest BCUT2D eigenvalue weighted by Gasteiger charge is -2.12. The number of carbonyl (C=O) groups excluding carboxylic acids is 1. The van der Waals surface area contributed by atoms with Crippen molar-refractivity contribution in [2.45, 2.75) is 6.61 Å². The fourth-order valence-corrected chi connectivity index (χ4v) is 3.77. The zero-order valence-electron chi connectivity index (χ0n) is 15.9. The number of nitrogens with zero attached hydrogens (tertiary/aromatic N) is 1. The van der Waals surface area contributed by atoms with Crippen LogP contribution in [0.3, 0.4) is 0 Å². The van der Waals surface area contributed by atoms with Crippen molar-refractivity contribution in [1.29, 1.82) is 0 Å². The van der Waals surface area contributed by atoms with E-state index >= 15 is 0 Å². The molecule has 0 fully saturated rings. The molecule has 1 amide bonds. The third kappa shape index (κ3) is 5.61. The summed E-state index contributed by atoms with van der Waals surface area (Å²) in [5.74, 6) is 0.697. The van der Waals surface area contributed by atoms with E-state index in [2.05, 4.69) is 42.4 Å². The number of ether oxygens (including phenoxy) is 2. The topological polar surface area (TPSA) is 80.2 Å². The standard InChI is InChI=1S/C22H18Br2N2O4/c1-29-20-11-16(7-8-19(20)30-13-14-5-3-2-4-6-14)22(28)26-25-12-15-9-17(23)21(27)18(24)10-15/h2-12,27H,13H2,1H3,(H,26,28). The third-order valence-corrected chi connectivity index (χ3v) is 5.29. The van der Waals surface area contributed by atoms with Crippen molar-refractivity contribution in [2.75, 3.05) is 7.11 Å². The number of phenolic OH excluding ortho intramolecular Hbond substituents is 1. The molecule has 0 aliphatic rings. The third-order valence-electron chi connectivity index (χ3n) is 4.08. The first-order valence-electron chi connectivity index (χ1n) is 8.84. The summed E-state index contributed by atoms with van der Waals surface area (Å²) in [6.45, 7) is 0.394. The highest BCUT2D eigenvalue weighted by Crippen LogP contribution is 2.33. The predicted molar refractivity (Wildman–Crippen MR) is 122 cm³/mol. The molecule has 0 spiro atoms. The van der Waals surface area contributed by atoms with Crippen molar-refractivity contribution in [3.63, 3.8) is 0 Å². The first kappa shape index (κ1) is 21.9. The number of hydrogen-bond acceptors (Lipinski definition) is 5. The Bertz CT molecular complexity index is 1050. The Hall–Kier alpha value is -2.84. The molecule has 0 unspecified atom stereocenters. The van der Waals surface area contributed by atoms with Crippen LogP contribution in [-0.4, -0.2) is 24.3 Å². The number of hydrogen-bond donors (Lipinski definition) is 2. The number of benzene rings is 3. The van der Waals surface area contributed by atoms with Crippen molar-refractivity contribution in [3.05, 3.63) is 86.3 Å². The zero-order chi connectivity index (χ0) is 21.5. The second-order valence-electron chi connectivity index (χ2n) is 6.17. The van der Waals surface area contributed by atoms with Gasteiger partial charge in [0.25, 0.3) is 5.91 Å². The van der Waals surface area contributed by atoms with Crippen LogP contribution in [0.25, 0.3) is 0 Å². The number of phenols is 1. The average molecular weight is 534 g/mol. The number of hydrazone groups is 1. The monoisotopic (exact) mass is 532 g/mol. The van der Waals surface area contributed by atoms with Crippen molar-refractivity contribution in [2.24, 2.45) is 5.10 Å². The van der Waals surface area contributed by atoms with Crippen molar-refractivity contribution < 1.29 is 19.4 Å². The fourth-order valence-electron chi connectivity index (χ4n) is 2.55. The van der Waals surface area contributed by atoms with E-state index in [1.165, 1.54) is 13.3 Å². The van der Waals surface area contributed by atoms with Gasteiger partial charge in [0.2, 0.25) is 0 Å². The van der Waals surface area contributed by atoms with Gasteiger partial charge in [-0.05, 0) is 73.3 Å². The molecule has 8 heteroatoms. The maximum absolute atomic E-state index is 12.4. The Morgan fingerprint density at radius 1 is 1.07 bits per heavy atom. The van der Waals surface area contributed by atoms with Gasteiger partial charge in [0.15, 0.2) is 11.5 Å². The maximum Gasteiger partial charge on any atom is 0.271 e. The fraction of sp³-hybridized carbons (Fsp3) is 0.0909. The lowest BCUT2D eigenvalue weighted by Crippen LogP contribution is -2.17. The highest BCUT2D eigenvalue weighted by Gasteiger charge is 2.11. The molecule has 2 N–H and O–H groups in total. The first-order valence-corrected chi connectivity index (χ1v) is 10.4. The molecule has 0 aliphatic carbocycles. The first-order chi connectivity index (χ1) is 14.5. The minimum atomic E-state index is -0.393. The SMILES string of the molecule is COc1cc(C(=O)NN=Cc2cc(Br)c(O)c(Br)c2)ccc1OCc1ccccc1. The maximum atomic E-state index is 12.4. The van der Waals surface area contributed by atoms with Gasteiger partial charge in [-0.15, -0.1) is 0 Å². The second-order valence-corrected chi connectivity index (χ2v) is 7.88. The molecule has 30 heavy (non-hydrogen) atoms. The van der Waals surface area contributed by atoms with E-state index in [1.807, 2.05) is 30.3 Å². The molecule has 6 nitrogen and oxygen atoms in total. The smallest absolute Gasteiger partial charge is 0.271 e. The van der Waals surface area contributed by atoms with Gasteiger partial charge in [0, 0.05) is 5.56 Å². The molecular formula is C22H18Br2N2O4. The van der Waals surface area contributed by atoms with Crippen LogP contribution in [0.15, 0.2) is 74.7 Å². The number of rotatable bonds is 7. The summed E-state index contributed by atoms with van der Waals surface area (Å²) in [7, 11) is 1.52. The zero-order valence-corrected chi connectivity index (χ0v) is 19.1. The predicted octanol–water partition coefficient (Wildman–Crippen LogP) is 5.27. The van der Waals surface area contributed by atoms with Gasteiger partial charge < -0.3 is 14.6 Å². The number of halogens is 2. The number of methoxy groups -OCH3 is 1. The molecule has 3 aromatic rings. The lowest BCUT2D eigenvalue weighted by atomic mass is 10.2. The average Bonchev–Trinajstić information content (AvgIpc) is 2.76. The van der Waals surface area contributed by atoms with E-state index in [0.29, 0.717) is 38.2 Å². The molecular weight excluding hydrogens is 516 g/mol. The van der Waals surface area contributed by atoms with Crippen LogP contribution >= 0.6 is 31.9 Å². The van der Waals surface area contributed by atoms with Gasteiger partial charge in [-0.2, -0.15) is 5.10 Å². The molecule has 0 aromatic heterocycles. The van der Waals surface area contributed by atoms with Crippen LogP contribution in [0.4, 0.5) is 0 Å². The Kier molecular flexibility index (Phi) is 7.48. The molecule has 0 bridgehead atoms. The van der Waals surface area contributed by atoms with Crippen LogP contribution in [0.1, 0.15) is 21.5 Å². The van der Waals surface area contributed by atoms with Gasteiger partial charge in [-0.1, -0.05) is 30.3 Å². The van der Waals surface area contributed by atoms with Gasteiger partial charge in [-0.3, -0.25) is 4.79 Å². The minimum Gasteiger partial charge on any atom is -0.506 e. The molecule has 0 atom stereocenters. The van der Waals surface area contributed by atoms with Gasteiger partial charge in [0.1, 0.15) is 12.4 Å². The molecule has 0 saturated carbocycles. The molecule has 3 aromatic carbocycles. The van der Waals surface area contributed by atoms with E-state index in [1.54, 1.807) is 30.3 Å². The van der Waals surface area contributed by atoms with Crippen molar-refractivity contribution in [1.82, 2.24) is 5.43 Å². The van der Waals surface area contributed by atoms with E-state index in [9.17, 15) is 9.90 Å². The summed E-state index contributed by atoms with van der Waals surface area (Å²) in [6.07, 6.45) is 1.47. The van der Waals surface area contributed by atoms with Gasteiger partial charge in [-0.25, -0.2) is 5.43 Å². The minimum absolute atomic E-state index is 0.0952. The lowest BCUT2D eigenvalue weighted by molar-refractivity contribution is 0.0954. The van der Waals surface area contributed by atoms with Crippen molar-refractivity contribution >= 4 is 44.0 Å². The molecule has 0 aliphatic heterocycles. The Morgan fingerprint density at radius 3 is 2.43 bits per heavy atom. The molecule has 0 radical (unpaired) electrons. The van der Waals surface area contributed by atoms with Gasteiger partial charge >= 0.3 is 0 Å². The highest BCUT2D eigenvalue weighted by atomic mass is 79.9. The summed E-state index contributed by atoms with van der Waals surface area (Å²) in [6, 6.07) is 18.1. The van der Waals surface area contributed by atoms with Gasteiger partial charge in [0.05, 0.1) is 22.3 Å². The summed E-state index contributed by atoms with van der Waals surface area (Å²) in [4.78, 5) is 12.4. The normalized spacial score (nSPS) is 10.8. The quantitative estimate of drug-likeness (QED) is 0.320. The molecule has 0 heterocycles. The molecule has 154 valence electrons. The Morgan fingerprint density at radius 2 is 1.77 bits per heavy atom. The van der Waals surface area contributed by atoms with Crippen LogP contribution in [0, 0.1) is 0 Å². The Labute approximate surface area is 190 Å². The van der Waals surface area contributed by atoms with Crippen LogP contribution in [0.2, 0.25) is 0 Å². The van der Waals surface area contributed by atoms with E-state index in [-0.39, 0.29) is 5.75 Å². The highest BCUT2D eigenvalue weighted by molar-refractivity contribution is 9.11. The summed E-state index contributed by atoms with van der Waals surface area (Å²) >= 11 is 6.50.